The molecule has 0 aliphatic heterocycles. The number of ether oxygens (including phenoxy) is 1. The Morgan fingerprint density at radius 2 is 1.45 bits per heavy atom. The van der Waals surface area contributed by atoms with E-state index in [0.717, 1.165) is 26.7 Å². The van der Waals surface area contributed by atoms with Crippen molar-refractivity contribution in [2.45, 2.75) is 25.5 Å². The van der Waals surface area contributed by atoms with Crippen LogP contribution in [0.4, 0.5) is 0 Å². The molecule has 0 heterocycles. The molecule has 0 radical (unpaired) electrons. The summed E-state index contributed by atoms with van der Waals surface area (Å²) >= 11 is 6.87. The van der Waals surface area contributed by atoms with Gasteiger partial charge in [0.05, 0.1) is 0 Å². The minimum Gasteiger partial charge on any atom is -0.484 e. The molecule has 0 aliphatic carbocycles. The van der Waals surface area contributed by atoms with Crippen molar-refractivity contribution in [2.75, 3.05) is 0 Å². The van der Waals surface area contributed by atoms with Gasteiger partial charge in [-0.15, -0.1) is 0 Å². The summed E-state index contributed by atoms with van der Waals surface area (Å²) < 4.78 is 8.17. The Kier molecular flexibility index (Phi) is 5.64. The molecule has 2 aromatic carbocycles. The van der Waals surface area contributed by atoms with Gasteiger partial charge in [0.25, 0.3) is 0 Å². The van der Waals surface area contributed by atoms with Gasteiger partial charge in [0.1, 0.15) is 11.9 Å². The van der Waals surface area contributed by atoms with Crippen molar-refractivity contribution < 1.29 is 4.74 Å². The Hall–Kier alpha value is -0.840. The molecule has 0 saturated carbocycles. The lowest BCUT2D eigenvalue weighted by Crippen LogP contribution is -2.31. The predicted octanol–water partition coefficient (Wildman–Crippen LogP) is 5.07. The number of rotatable bonds is 5. The zero-order chi connectivity index (χ0) is 14.5. The standard InChI is InChI=1S/C16H17Br2NO/c1-2-15(19)16(11-3-5-12(17)6-4-11)20-14-9-7-13(18)8-10-14/h3-10,15-16H,2,19H2,1H3. The average molecular weight is 399 g/mol. The molecule has 0 bridgehead atoms. The number of hydrogen-bond donors (Lipinski definition) is 1. The normalized spacial score (nSPS) is 13.8. The maximum absolute atomic E-state index is 6.22. The predicted molar refractivity (Wildman–Crippen MR) is 89.9 cm³/mol. The Bertz CT molecular complexity index is 539. The van der Waals surface area contributed by atoms with E-state index in [2.05, 4.69) is 38.8 Å². The highest BCUT2D eigenvalue weighted by Gasteiger charge is 2.20. The molecule has 0 aliphatic rings. The molecule has 20 heavy (non-hydrogen) atoms. The smallest absolute Gasteiger partial charge is 0.139 e. The van der Waals surface area contributed by atoms with E-state index in [0.29, 0.717) is 0 Å². The molecule has 106 valence electrons. The fraction of sp³-hybridized carbons (Fsp3) is 0.250. The second kappa shape index (κ2) is 7.25. The summed E-state index contributed by atoms with van der Waals surface area (Å²) in [6.45, 7) is 2.07. The molecule has 0 fully saturated rings. The maximum Gasteiger partial charge on any atom is 0.139 e. The van der Waals surface area contributed by atoms with Crippen LogP contribution >= 0.6 is 31.9 Å². The van der Waals surface area contributed by atoms with E-state index in [1.807, 2.05) is 48.5 Å². The summed E-state index contributed by atoms with van der Waals surface area (Å²) in [6.07, 6.45) is 0.714. The fourth-order valence-corrected chi connectivity index (χ4v) is 2.46. The van der Waals surface area contributed by atoms with Crippen LogP contribution in [0.2, 0.25) is 0 Å². The molecular weight excluding hydrogens is 382 g/mol. The topological polar surface area (TPSA) is 35.2 Å². The molecule has 2 nitrogen and oxygen atoms in total. The number of nitrogens with two attached hydrogens (primary N) is 1. The summed E-state index contributed by atoms with van der Waals surface area (Å²) in [6, 6.07) is 15.9. The van der Waals surface area contributed by atoms with Crippen molar-refractivity contribution in [3.8, 4) is 5.75 Å². The number of benzene rings is 2. The quantitative estimate of drug-likeness (QED) is 0.762. The van der Waals surface area contributed by atoms with Crippen LogP contribution in [0.1, 0.15) is 25.0 Å². The van der Waals surface area contributed by atoms with Crippen LogP contribution < -0.4 is 10.5 Å². The summed E-state index contributed by atoms with van der Waals surface area (Å²) in [7, 11) is 0. The number of hydrogen-bond acceptors (Lipinski definition) is 2. The van der Waals surface area contributed by atoms with Gasteiger partial charge in [-0.3, -0.25) is 0 Å². The van der Waals surface area contributed by atoms with Gasteiger partial charge in [-0.05, 0) is 48.4 Å². The molecule has 0 amide bonds. The van der Waals surface area contributed by atoms with Crippen LogP contribution in [0, 0.1) is 0 Å². The molecule has 2 N–H and O–H groups in total. The lowest BCUT2D eigenvalue weighted by molar-refractivity contribution is 0.171. The minimum absolute atomic E-state index is 0.0418. The zero-order valence-electron chi connectivity index (χ0n) is 11.2. The first-order valence-corrected chi connectivity index (χ1v) is 8.12. The molecule has 2 aromatic rings. The van der Waals surface area contributed by atoms with Crippen molar-refractivity contribution in [3.63, 3.8) is 0 Å². The van der Waals surface area contributed by atoms with E-state index in [4.69, 9.17) is 10.5 Å². The Balaban J connectivity index is 2.23. The van der Waals surface area contributed by atoms with Crippen molar-refractivity contribution in [3.05, 3.63) is 63.0 Å². The summed E-state index contributed by atoms with van der Waals surface area (Å²) in [5.41, 5.74) is 7.31. The third-order valence-electron chi connectivity index (χ3n) is 3.14. The largest absolute Gasteiger partial charge is 0.484 e. The molecule has 2 atom stereocenters. The highest BCUT2D eigenvalue weighted by molar-refractivity contribution is 9.10. The van der Waals surface area contributed by atoms with Crippen molar-refractivity contribution in [1.29, 1.82) is 0 Å². The molecule has 0 spiro atoms. The molecule has 0 aromatic heterocycles. The second-order valence-corrected chi connectivity index (χ2v) is 6.45. The first kappa shape index (κ1) is 15.5. The van der Waals surface area contributed by atoms with Gasteiger partial charge in [0, 0.05) is 15.0 Å². The van der Waals surface area contributed by atoms with Crippen molar-refractivity contribution in [1.82, 2.24) is 0 Å². The summed E-state index contributed by atoms with van der Waals surface area (Å²) in [5, 5.41) is 0. The second-order valence-electron chi connectivity index (χ2n) is 4.62. The highest BCUT2D eigenvalue weighted by Crippen LogP contribution is 2.27. The Labute approximate surface area is 136 Å². The SMILES string of the molecule is CCC(N)C(Oc1ccc(Br)cc1)c1ccc(Br)cc1. The first-order valence-electron chi connectivity index (χ1n) is 6.53. The van der Waals surface area contributed by atoms with E-state index in [1.165, 1.54) is 0 Å². The van der Waals surface area contributed by atoms with Crippen LogP contribution in [-0.4, -0.2) is 6.04 Å². The van der Waals surface area contributed by atoms with E-state index in [9.17, 15) is 0 Å². The van der Waals surface area contributed by atoms with Gasteiger partial charge in [0.15, 0.2) is 0 Å². The maximum atomic E-state index is 6.22. The zero-order valence-corrected chi connectivity index (χ0v) is 14.4. The van der Waals surface area contributed by atoms with Crippen molar-refractivity contribution in [2.24, 2.45) is 5.73 Å². The third-order valence-corrected chi connectivity index (χ3v) is 4.19. The third kappa shape index (κ3) is 4.08. The Morgan fingerprint density at radius 3 is 1.95 bits per heavy atom. The van der Waals surface area contributed by atoms with Crippen LogP contribution in [0.5, 0.6) is 5.75 Å². The monoisotopic (exact) mass is 397 g/mol. The van der Waals surface area contributed by atoms with Crippen LogP contribution in [-0.2, 0) is 0 Å². The van der Waals surface area contributed by atoms with E-state index in [1.54, 1.807) is 0 Å². The average Bonchev–Trinajstić information content (AvgIpc) is 2.47. The molecular formula is C16H17Br2NO. The van der Waals surface area contributed by atoms with Gasteiger partial charge in [-0.25, -0.2) is 0 Å². The van der Waals surface area contributed by atoms with Gasteiger partial charge in [-0.2, -0.15) is 0 Å². The van der Waals surface area contributed by atoms with E-state index < -0.39 is 0 Å². The van der Waals surface area contributed by atoms with Gasteiger partial charge < -0.3 is 10.5 Å². The Morgan fingerprint density at radius 1 is 0.950 bits per heavy atom. The van der Waals surface area contributed by atoms with Crippen LogP contribution in [0.15, 0.2) is 57.5 Å². The molecule has 2 rings (SSSR count). The molecule has 0 saturated heterocycles. The summed E-state index contributed by atoms with van der Waals surface area (Å²) in [4.78, 5) is 0. The van der Waals surface area contributed by atoms with Crippen LogP contribution in [0.3, 0.4) is 0 Å². The molecule has 4 heteroatoms. The first-order chi connectivity index (χ1) is 9.60. The number of halogens is 2. The highest BCUT2D eigenvalue weighted by atomic mass is 79.9. The van der Waals surface area contributed by atoms with Crippen molar-refractivity contribution >= 4 is 31.9 Å². The van der Waals surface area contributed by atoms with E-state index >= 15 is 0 Å². The van der Waals surface area contributed by atoms with E-state index in [-0.39, 0.29) is 12.1 Å². The van der Waals surface area contributed by atoms with Gasteiger partial charge in [0.2, 0.25) is 0 Å². The van der Waals surface area contributed by atoms with Gasteiger partial charge >= 0.3 is 0 Å². The summed E-state index contributed by atoms with van der Waals surface area (Å²) in [5.74, 6) is 0.824. The van der Waals surface area contributed by atoms with Gasteiger partial charge in [-0.1, -0.05) is 50.9 Å². The lowest BCUT2D eigenvalue weighted by atomic mass is 10.0. The van der Waals surface area contributed by atoms with Crippen LogP contribution in [0.25, 0.3) is 0 Å². The minimum atomic E-state index is -0.144. The lowest BCUT2D eigenvalue weighted by Gasteiger charge is -2.25. The molecule has 2 unspecified atom stereocenters. The fourth-order valence-electron chi connectivity index (χ4n) is 1.93.